The fraction of sp³-hybridized carbons (Fsp3) is 0.235. The molecule has 0 unspecified atom stereocenters. The molecule has 2 aromatic rings. The maximum atomic E-state index is 11.3. The molecular weight excluding hydrogens is 234 g/mol. The zero-order valence-electron chi connectivity index (χ0n) is 11.7. The molecule has 0 aliphatic carbocycles. The van der Waals surface area contributed by atoms with Crippen molar-refractivity contribution in [3.8, 4) is 11.1 Å². The molecule has 0 saturated carbocycles. The van der Waals surface area contributed by atoms with Crippen LogP contribution in [0.3, 0.4) is 0 Å². The van der Waals surface area contributed by atoms with Crippen LogP contribution in [0, 0.1) is 0 Å². The van der Waals surface area contributed by atoms with Crippen molar-refractivity contribution in [2.24, 2.45) is 0 Å². The van der Waals surface area contributed by atoms with Gasteiger partial charge in [-0.05, 0) is 37.7 Å². The van der Waals surface area contributed by atoms with E-state index in [0.29, 0.717) is 0 Å². The van der Waals surface area contributed by atoms with E-state index in [2.05, 4.69) is 37.2 Å². The fourth-order valence-corrected chi connectivity index (χ4v) is 2.16. The lowest BCUT2D eigenvalue weighted by molar-refractivity contribution is 0.101. The maximum Gasteiger partial charge on any atom is 0.159 e. The van der Waals surface area contributed by atoms with Gasteiger partial charge in [0.2, 0.25) is 0 Å². The SMILES string of the molecule is CC(=O)c1ccc(-c2ccccc2CN(C)C)cc1. The first-order chi connectivity index (χ1) is 9.08. The summed E-state index contributed by atoms with van der Waals surface area (Å²) in [5.74, 6) is 0.105. The van der Waals surface area contributed by atoms with Gasteiger partial charge in [0.25, 0.3) is 0 Å². The van der Waals surface area contributed by atoms with Gasteiger partial charge in [-0.1, -0.05) is 48.5 Å². The topological polar surface area (TPSA) is 20.3 Å². The number of carbonyl (C=O) groups is 1. The number of Topliss-reactive ketones (excluding diaryl/α,β-unsaturated/α-hetero) is 1. The minimum atomic E-state index is 0.105. The molecule has 0 amide bonds. The summed E-state index contributed by atoms with van der Waals surface area (Å²) in [6.07, 6.45) is 0. The number of rotatable bonds is 4. The van der Waals surface area contributed by atoms with Crippen molar-refractivity contribution in [3.63, 3.8) is 0 Å². The van der Waals surface area contributed by atoms with E-state index in [9.17, 15) is 4.79 Å². The van der Waals surface area contributed by atoms with E-state index in [1.54, 1.807) is 6.92 Å². The van der Waals surface area contributed by atoms with E-state index in [-0.39, 0.29) is 5.78 Å². The van der Waals surface area contributed by atoms with Crippen LogP contribution < -0.4 is 0 Å². The van der Waals surface area contributed by atoms with E-state index < -0.39 is 0 Å². The van der Waals surface area contributed by atoms with Crippen LogP contribution in [0.2, 0.25) is 0 Å². The van der Waals surface area contributed by atoms with Crippen LogP contribution in [0.1, 0.15) is 22.8 Å². The Morgan fingerprint density at radius 3 is 2.21 bits per heavy atom. The van der Waals surface area contributed by atoms with Gasteiger partial charge in [-0.25, -0.2) is 0 Å². The number of nitrogens with zero attached hydrogens (tertiary/aromatic N) is 1. The summed E-state index contributed by atoms with van der Waals surface area (Å²) in [5, 5.41) is 0. The fourth-order valence-electron chi connectivity index (χ4n) is 2.16. The van der Waals surface area contributed by atoms with Gasteiger partial charge in [0, 0.05) is 12.1 Å². The second-order valence-corrected chi connectivity index (χ2v) is 5.03. The zero-order chi connectivity index (χ0) is 13.8. The Bertz CT molecular complexity index is 570. The maximum absolute atomic E-state index is 11.3. The van der Waals surface area contributed by atoms with E-state index >= 15 is 0 Å². The minimum Gasteiger partial charge on any atom is -0.305 e. The highest BCUT2D eigenvalue weighted by molar-refractivity contribution is 5.94. The lowest BCUT2D eigenvalue weighted by atomic mass is 9.98. The van der Waals surface area contributed by atoms with Crippen molar-refractivity contribution < 1.29 is 4.79 Å². The lowest BCUT2D eigenvalue weighted by Crippen LogP contribution is -2.11. The molecule has 0 aromatic heterocycles. The van der Waals surface area contributed by atoms with Crippen molar-refractivity contribution in [1.29, 1.82) is 0 Å². The number of hydrogen-bond acceptors (Lipinski definition) is 2. The Kier molecular flexibility index (Phi) is 4.13. The Morgan fingerprint density at radius 2 is 1.63 bits per heavy atom. The molecule has 2 rings (SSSR count). The second-order valence-electron chi connectivity index (χ2n) is 5.03. The number of hydrogen-bond donors (Lipinski definition) is 0. The quantitative estimate of drug-likeness (QED) is 0.776. The molecule has 0 bridgehead atoms. The third-order valence-corrected chi connectivity index (χ3v) is 3.11. The van der Waals surface area contributed by atoms with Gasteiger partial charge >= 0.3 is 0 Å². The summed E-state index contributed by atoms with van der Waals surface area (Å²) in [4.78, 5) is 13.5. The molecule has 0 aliphatic heterocycles. The van der Waals surface area contributed by atoms with E-state index in [4.69, 9.17) is 0 Å². The Morgan fingerprint density at radius 1 is 1.00 bits per heavy atom. The average molecular weight is 253 g/mol. The predicted molar refractivity (Wildman–Crippen MR) is 79.3 cm³/mol. The predicted octanol–water partition coefficient (Wildman–Crippen LogP) is 3.62. The molecule has 2 heteroatoms. The van der Waals surface area contributed by atoms with Gasteiger partial charge in [0.15, 0.2) is 5.78 Å². The summed E-state index contributed by atoms with van der Waals surface area (Å²) >= 11 is 0. The van der Waals surface area contributed by atoms with Crippen LogP contribution in [0.25, 0.3) is 11.1 Å². The smallest absolute Gasteiger partial charge is 0.159 e. The first kappa shape index (κ1) is 13.5. The molecule has 0 radical (unpaired) electrons. The van der Waals surface area contributed by atoms with Gasteiger partial charge < -0.3 is 4.90 Å². The van der Waals surface area contributed by atoms with Crippen LogP contribution in [-0.2, 0) is 6.54 Å². The third-order valence-electron chi connectivity index (χ3n) is 3.11. The number of benzene rings is 2. The molecule has 98 valence electrons. The van der Waals surface area contributed by atoms with Crippen molar-refractivity contribution in [2.75, 3.05) is 14.1 Å². The largest absolute Gasteiger partial charge is 0.305 e. The summed E-state index contributed by atoms with van der Waals surface area (Å²) in [6.45, 7) is 2.50. The van der Waals surface area contributed by atoms with Crippen LogP contribution in [0.15, 0.2) is 48.5 Å². The summed E-state index contributed by atoms with van der Waals surface area (Å²) in [6, 6.07) is 16.2. The molecule has 0 aliphatic rings. The molecule has 0 fully saturated rings. The van der Waals surface area contributed by atoms with Gasteiger partial charge in [0.1, 0.15) is 0 Å². The van der Waals surface area contributed by atoms with Gasteiger partial charge in [-0.15, -0.1) is 0 Å². The molecule has 2 nitrogen and oxygen atoms in total. The van der Waals surface area contributed by atoms with E-state index in [1.165, 1.54) is 11.1 Å². The van der Waals surface area contributed by atoms with Gasteiger partial charge in [-0.2, -0.15) is 0 Å². The molecule has 0 N–H and O–H groups in total. The van der Waals surface area contributed by atoms with Crippen LogP contribution in [0.5, 0.6) is 0 Å². The Balaban J connectivity index is 2.38. The molecule has 0 heterocycles. The third kappa shape index (κ3) is 3.30. The first-order valence-electron chi connectivity index (χ1n) is 6.42. The summed E-state index contributed by atoms with van der Waals surface area (Å²) in [5.41, 5.74) is 4.44. The monoisotopic (exact) mass is 253 g/mol. The molecule has 19 heavy (non-hydrogen) atoms. The average Bonchev–Trinajstić information content (AvgIpc) is 2.39. The van der Waals surface area contributed by atoms with Crippen LogP contribution in [-0.4, -0.2) is 24.8 Å². The number of ketones is 1. The van der Waals surface area contributed by atoms with Crippen molar-refractivity contribution in [2.45, 2.75) is 13.5 Å². The highest BCUT2D eigenvalue weighted by Crippen LogP contribution is 2.24. The summed E-state index contributed by atoms with van der Waals surface area (Å²) < 4.78 is 0. The lowest BCUT2D eigenvalue weighted by Gasteiger charge is -2.14. The first-order valence-corrected chi connectivity index (χ1v) is 6.42. The van der Waals surface area contributed by atoms with Crippen molar-refractivity contribution in [3.05, 3.63) is 59.7 Å². The van der Waals surface area contributed by atoms with Crippen molar-refractivity contribution >= 4 is 5.78 Å². The molecule has 0 spiro atoms. The Hall–Kier alpha value is -1.93. The number of carbonyl (C=O) groups excluding carboxylic acids is 1. The molecule has 2 aromatic carbocycles. The molecule has 0 saturated heterocycles. The van der Waals surface area contributed by atoms with E-state index in [1.807, 2.05) is 30.3 Å². The summed E-state index contributed by atoms with van der Waals surface area (Å²) in [7, 11) is 4.13. The molecular formula is C17H19NO. The van der Waals surface area contributed by atoms with Gasteiger partial charge in [-0.3, -0.25) is 4.79 Å². The van der Waals surface area contributed by atoms with E-state index in [0.717, 1.165) is 17.7 Å². The highest BCUT2D eigenvalue weighted by Gasteiger charge is 2.06. The normalized spacial score (nSPS) is 10.7. The van der Waals surface area contributed by atoms with Crippen LogP contribution in [0.4, 0.5) is 0 Å². The van der Waals surface area contributed by atoms with Crippen LogP contribution >= 0.6 is 0 Å². The highest BCUT2D eigenvalue weighted by atomic mass is 16.1. The Labute approximate surface area is 114 Å². The van der Waals surface area contributed by atoms with Crippen molar-refractivity contribution in [1.82, 2.24) is 4.90 Å². The zero-order valence-corrected chi connectivity index (χ0v) is 11.7. The minimum absolute atomic E-state index is 0.105. The standard InChI is InChI=1S/C17H19NO/c1-13(19)14-8-10-15(11-9-14)17-7-5-4-6-16(17)12-18(2)3/h4-11H,12H2,1-3H3. The van der Waals surface area contributed by atoms with Gasteiger partial charge in [0.05, 0.1) is 0 Å². The molecule has 0 atom stereocenters. The second kappa shape index (κ2) is 5.81.